The molecule has 0 aliphatic carbocycles. The lowest BCUT2D eigenvalue weighted by molar-refractivity contribution is -0.136. The van der Waals surface area contributed by atoms with E-state index in [0.29, 0.717) is 25.2 Å². The summed E-state index contributed by atoms with van der Waals surface area (Å²) >= 11 is 0. The summed E-state index contributed by atoms with van der Waals surface area (Å²) in [4.78, 5) is 35.8. The number of carbonyl (C=O) groups is 2. The molecule has 3 N–H and O–H groups in total. The van der Waals surface area contributed by atoms with Crippen LogP contribution in [0, 0.1) is 0 Å². The van der Waals surface area contributed by atoms with Gasteiger partial charge in [-0.2, -0.15) is 13.2 Å². The molecule has 4 aromatic rings. The molecule has 2 amide bonds. The second kappa shape index (κ2) is 10.1. The van der Waals surface area contributed by atoms with Crippen LogP contribution in [-0.4, -0.2) is 57.6 Å². The van der Waals surface area contributed by atoms with E-state index in [-0.39, 0.29) is 39.9 Å². The van der Waals surface area contributed by atoms with Gasteiger partial charge < -0.3 is 24.8 Å². The Bertz CT molecular complexity index is 1650. The minimum absolute atomic E-state index is 0.0267. The molecular weight excluding hydrogens is 551 g/mol. The number of fused-ring (bicyclic) bond motifs is 1. The highest BCUT2D eigenvalue weighted by molar-refractivity contribution is 5.99. The summed E-state index contributed by atoms with van der Waals surface area (Å²) in [5, 5.41) is 0.247. The summed E-state index contributed by atoms with van der Waals surface area (Å²) in [6.45, 7) is 11.1. The van der Waals surface area contributed by atoms with Gasteiger partial charge in [-0.1, -0.05) is 0 Å². The summed E-state index contributed by atoms with van der Waals surface area (Å²) in [6.07, 6.45) is -3.51. The summed E-state index contributed by atoms with van der Waals surface area (Å²) in [7, 11) is 0. The van der Waals surface area contributed by atoms with Crippen molar-refractivity contribution in [3.63, 3.8) is 0 Å². The molecule has 5 rings (SSSR count). The molecule has 0 bridgehead atoms. The molecule has 3 heterocycles. The third-order valence-electron chi connectivity index (χ3n) is 7.13. The van der Waals surface area contributed by atoms with E-state index in [1.54, 1.807) is 17.0 Å². The lowest BCUT2D eigenvalue weighted by Crippen LogP contribution is -2.61. The number of nitrogens with zero attached hydrogens (tertiary/aromatic N) is 3. The Morgan fingerprint density at radius 2 is 1.74 bits per heavy atom. The smallest absolute Gasteiger partial charge is 0.418 e. The van der Waals surface area contributed by atoms with Gasteiger partial charge in [0.2, 0.25) is 5.89 Å². The van der Waals surface area contributed by atoms with Gasteiger partial charge in [-0.25, -0.2) is 9.78 Å². The molecule has 0 radical (unpaired) electrons. The Morgan fingerprint density at radius 3 is 2.33 bits per heavy atom. The van der Waals surface area contributed by atoms with Gasteiger partial charge in [0, 0.05) is 48.0 Å². The number of aromatic amines is 1. The third kappa shape index (κ3) is 5.53. The van der Waals surface area contributed by atoms with E-state index in [1.165, 1.54) is 18.3 Å². The molecule has 12 heteroatoms. The number of carbonyl (C=O) groups excluding carboxylic acids is 2. The second-order valence-corrected chi connectivity index (χ2v) is 11.9. The molecule has 2 aromatic carbocycles. The average Bonchev–Trinajstić information content (AvgIpc) is 3.54. The van der Waals surface area contributed by atoms with Crippen molar-refractivity contribution >= 4 is 28.6 Å². The molecule has 0 spiro atoms. The number of piperazine rings is 1. The van der Waals surface area contributed by atoms with E-state index >= 15 is 0 Å². The molecule has 2 aromatic heterocycles. The average molecular weight is 584 g/mol. The standard InChI is InChI=1S/C30H32F3N5O4/c1-28(2,3)42-27(40)38-15-14-37(16-29(38,4)5)18-8-6-17(7-9-18)24-23(25(34)39)36-26(41-24)20-10-11-21(30(31,32)33)22-19(20)12-13-35-22/h6-13,35H,14-16H2,1-5H3,(H2,34,39). The molecule has 1 aliphatic heterocycles. The first-order valence-corrected chi connectivity index (χ1v) is 13.4. The minimum atomic E-state index is -4.55. The van der Waals surface area contributed by atoms with Crippen LogP contribution >= 0.6 is 0 Å². The second-order valence-electron chi connectivity index (χ2n) is 11.9. The number of nitrogens with one attached hydrogen (secondary N) is 1. The number of anilines is 1. The van der Waals surface area contributed by atoms with Crippen LogP contribution < -0.4 is 10.6 Å². The molecule has 42 heavy (non-hydrogen) atoms. The number of hydrogen-bond donors (Lipinski definition) is 2. The van der Waals surface area contributed by atoms with Crippen molar-refractivity contribution in [3.8, 4) is 22.8 Å². The van der Waals surface area contributed by atoms with Crippen LogP contribution in [0.15, 0.2) is 53.1 Å². The van der Waals surface area contributed by atoms with E-state index in [0.717, 1.165) is 11.8 Å². The van der Waals surface area contributed by atoms with Gasteiger partial charge in [0.15, 0.2) is 11.5 Å². The number of oxazole rings is 1. The van der Waals surface area contributed by atoms with Crippen molar-refractivity contribution in [1.29, 1.82) is 0 Å². The molecule has 0 unspecified atom stereocenters. The Hall–Kier alpha value is -4.48. The highest BCUT2D eigenvalue weighted by atomic mass is 19.4. The van der Waals surface area contributed by atoms with Gasteiger partial charge >= 0.3 is 12.3 Å². The maximum Gasteiger partial charge on any atom is 0.418 e. The summed E-state index contributed by atoms with van der Waals surface area (Å²) in [6, 6.07) is 11.0. The predicted octanol–water partition coefficient (Wildman–Crippen LogP) is 6.44. The van der Waals surface area contributed by atoms with Crippen LogP contribution in [0.1, 0.15) is 50.7 Å². The quantitative estimate of drug-likeness (QED) is 0.285. The largest absolute Gasteiger partial charge is 0.444 e. The molecule has 0 atom stereocenters. The van der Waals surface area contributed by atoms with Crippen LogP contribution in [0.4, 0.5) is 23.7 Å². The topological polar surface area (TPSA) is 118 Å². The molecular formula is C30H32F3N5O4. The normalized spacial score (nSPS) is 15.7. The number of amides is 2. The first kappa shape index (κ1) is 29.0. The number of H-pyrrole nitrogens is 1. The van der Waals surface area contributed by atoms with E-state index in [2.05, 4.69) is 14.9 Å². The van der Waals surface area contributed by atoms with Crippen LogP contribution in [0.3, 0.4) is 0 Å². The third-order valence-corrected chi connectivity index (χ3v) is 7.13. The van der Waals surface area contributed by atoms with E-state index < -0.39 is 28.8 Å². The Morgan fingerprint density at radius 1 is 1.05 bits per heavy atom. The van der Waals surface area contributed by atoms with E-state index in [4.69, 9.17) is 14.9 Å². The lowest BCUT2D eigenvalue weighted by Gasteiger charge is -2.47. The summed E-state index contributed by atoms with van der Waals surface area (Å²) in [5.74, 6) is -0.745. The summed E-state index contributed by atoms with van der Waals surface area (Å²) in [5.41, 5.74) is 5.16. The Labute approximate surface area is 240 Å². The molecule has 222 valence electrons. The Balaban J connectivity index is 1.42. The fourth-order valence-corrected chi connectivity index (χ4v) is 5.23. The number of rotatable bonds is 4. The van der Waals surface area contributed by atoms with Gasteiger partial charge in [0.25, 0.3) is 5.91 Å². The zero-order valence-electron chi connectivity index (χ0n) is 23.9. The number of aromatic nitrogens is 2. The lowest BCUT2D eigenvalue weighted by atomic mass is 9.98. The number of hydrogen-bond acceptors (Lipinski definition) is 6. The SMILES string of the molecule is CC(C)(C)OC(=O)N1CCN(c2ccc(-c3oc(-c4ccc(C(F)(F)F)c5[nH]ccc45)nc3C(N)=O)cc2)CC1(C)C. The zero-order chi connectivity index (χ0) is 30.6. The Kier molecular flexibility index (Phi) is 6.99. The monoisotopic (exact) mass is 583 g/mol. The zero-order valence-corrected chi connectivity index (χ0v) is 23.9. The van der Waals surface area contributed by atoms with Crippen molar-refractivity contribution in [2.75, 3.05) is 24.5 Å². The van der Waals surface area contributed by atoms with Crippen LogP contribution in [-0.2, 0) is 10.9 Å². The molecule has 0 saturated carbocycles. The molecule has 1 saturated heterocycles. The van der Waals surface area contributed by atoms with Gasteiger partial charge in [0.05, 0.1) is 16.6 Å². The fraction of sp³-hybridized carbons (Fsp3) is 0.367. The number of primary amides is 1. The summed E-state index contributed by atoms with van der Waals surface area (Å²) < 4.78 is 52.1. The maximum atomic E-state index is 13.5. The first-order valence-electron chi connectivity index (χ1n) is 13.4. The maximum absolute atomic E-state index is 13.5. The van der Waals surface area contributed by atoms with Crippen molar-refractivity contribution < 1.29 is 31.9 Å². The van der Waals surface area contributed by atoms with Gasteiger partial charge in [-0.15, -0.1) is 0 Å². The molecule has 1 aliphatic rings. The van der Waals surface area contributed by atoms with E-state index in [1.807, 2.05) is 46.8 Å². The number of alkyl halides is 3. The highest BCUT2D eigenvalue weighted by Gasteiger charge is 2.39. The van der Waals surface area contributed by atoms with Gasteiger partial charge in [0.1, 0.15) is 5.60 Å². The van der Waals surface area contributed by atoms with Crippen LogP contribution in [0.2, 0.25) is 0 Å². The van der Waals surface area contributed by atoms with Crippen molar-refractivity contribution in [2.45, 2.75) is 51.9 Å². The van der Waals surface area contributed by atoms with Gasteiger partial charge in [-0.3, -0.25) is 9.69 Å². The number of ether oxygens (including phenoxy) is 1. The molecule has 9 nitrogen and oxygen atoms in total. The van der Waals surface area contributed by atoms with Crippen molar-refractivity contribution in [1.82, 2.24) is 14.9 Å². The van der Waals surface area contributed by atoms with E-state index in [9.17, 15) is 22.8 Å². The highest BCUT2D eigenvalue weighted by Crippen LogP contribution is 2.40. The first-order chi connectivity index (χ1) is 19.5. The fourth-order valence-electron chi connectivity index (χ4n) is 5.23. The minimum Gasteiger partial charge on any atom is -0.444 e. The van der Waals surface area contributed by atoms with Gasteiger partial charge in [-0.05, 0) is 77.1 Å². The number of benzene rings is 2. The number of nitrogens with two attached hydrogens (primary N) is 1. The van der Waals surface area contributed by atoms with Crippen LogP contribution in [0.25, 0.3) is 33.7 Å². The molecule has 1 fully saturated rings. The predicted molar refractivity (Wildman–Crippen MR) is 152 cm³/mol. The van der Waals surface area contributed by atoms with Crippen LogP contribution in [0.5, 0.6) is 0 Å². The van der Waals surface area contributed by atoms with Crippen molar-refractivity contribution in [3.05, 3.63) is 59.9 Å². The number of halogens is 3. The van der Waals surface area contributed by atoms with Crippen molar-refractivity contribution in [2.24, 2.45) is 5.73 Å².